The second-order valence-electron chi connectivity index (χ2n) is 9.21. The van der Waals surface area contributed by atoms with Crippen LogP contribution in [0.5, 0.6) is 0 Å². The Morgan fingerprint density at radius 3 is 2.65 bits per heavy atom. The van der Waals surface area contributed by atoms with Crippen molar-refractivity contribution < 1.29 is 9.53 Å². The molecule has 34 heavy (non-hydrogen) atoms. The Labute approximate surface area is 203 Å². The predicted octanol–water partition coefficient (Wildman–Crippen LogP) is 4.34. The molecule has 4 N–H and O–H groups in total. The Morgan fingerprint density at radius 2 is 1.91 bits per heavy atom. The van der Waals surface area contributed by atoms with Gasteiger partial charge in [0, 0.05) is 31.2 Å². The Balaban J connectivity index is 1.51. The van der Waals surface area contributed by atoms with Crippen molar-refractivity contribution >= 4 is 46.3 Å². The van der Waals surface area contributed by atoms with Crippen LogP contribution in [0.3, 0.4) is 0 Å². The van der Waals surface area contributed by atoms with Gasteiger partial charge in [-0.05, 0) is 57.1 Å². The lowest BCUT2D eigenvalue weighted by Gasteiger charge is -2.29. The second kappa shape index (κ2) is 9.76. The number of nitrogens with two attached hydrogens (primary N) is 1. The number of primary amides is 1. The number of amides is 1. The number of nitrogens with one attached hydrogen (secondary N) is 2. The highest BCUT2D eigenvalue weighted by Crippen LogP contribution is 2.38. The molecule has 0 spiro atoms. The summed E-state index contributed by atoms with van der Waals surface area (Å²) < 4.78 is 7.60. The third-order valence-corrected chi connectivity index (χ3v) is 7.39. The number of hydrogen-bond acceptors (Lipinski definition) is 7. The predicted molar refractivity (Wildman–Crippen MR) is 132 cm³/mol. The Kier molecular flexibility index (Phi) is 6.56. The molecule has 1 saturated carbocycles. The summed E-state index contributed by atoms with van der Waals surface area (Å²) in [5.74, 6) is 0.965. The first-order chi connectivity index (χ1) is 16.5. The molecule has 3 heterocycles. The SMILES string of the molecule is Cc1cccc(Nc2nc3cnc(NC4CCOCC4)nc3n2[C@H]2CC[C@H](C(N)=O)CC2)c1Cl. The van der Waals surface area contributed by atoms with E-state index in [-0.39, 0.29) is 23.9 Å². The van der Waals surface area contributed by atoms with Crippen LogP contribution in [0.1, 0.15) is 50.1 Å². The van der Waals surface area contributed by atoms with Crippen molar-refractivity contribution in [3.8, 4) is 0 Å². The van der Waals surface area contributed by atoms with Crippen LogP contribution in [0, 0.1) is 12.8 Å². The average Bonchev–Trinajstić information content (AvgIpc) is 3.20. The smallest absolute Gasteiger partial charge is 0.224 e. The van der Waals surface area contributed by atoms with E-state index in [1.54, 1.807) is 6.20 Å². The van der Waals surface area contributed by atoms with Gasteiger partial charge in [-0.25, -0.2) is 9.97 Å². The number of aryl methyl sites for hydroxylation is 1. The molecule has 0 atom stereocenters. The highest BCUT2D eigenvalue weighted by molar-refractivity contribution is 6.34. The standard InChI is InChI=1S/C24H30ClN7O2/c1-14-3-2-4-18(20(14)25)29-24-30-19-13-27-23(28-16-9-11-34-12-10-16)31-22(19)32(24)17-7-5-15(6-8-17)21(26)33/h2-4,13,15-17H,5-12H2,1H3,(H2,26,33)(H,29,30)(H,27,28,31)/t15-,17-. The number of hydrogen-bond donors (Lipinski definition) is 3. The molecule has 1 amide bonds. The van der Waals surface area contributed by atoms with Gasteiger partial charge < -0.3 is 21.1 Å². The maximum Gasteiger partial charge on any atom is 0.224 e. The van der Waals surface area contributed by atoms with Crippen molar-refractivity contribution in [2.75, 3.05) is 23.8 Å². The number of carbonyl (C=O) groups excluding carboxylic acids is 1. The Morgan fingerprint density at radius 1 is 1.15 bits per heavy atom. The number of carbonyl (C=O) groups is 1. The van der Waals surface area contributed by atoms with Crippen molar-refractivity contribution in [2.24, 2.45) is 11.7 Å². The quantitative estimate of drug-likeness (QED) is 0.477. The van der Waals surface area contributed by atoms with Gasteiger partial charge in [0.25, 0.3) is 0 Å². The number of rotatable bonds is 6. The molecule has 2 aromatic heterocycles. The highest BCUT2D eigenvalue weighted by Gasteiger charge is 2.29. The number of nitrogens with zero attached hydrogens (tertiary/aromatic N) is 4. The number of benzene rings is 1. The minimum absolute atomic E-state index is 0.0750. The number of aromatic nitrogens is 4. The van der Waals surface area contributed by atoms with Gasteiger partial charge >= 0.3 is 0 Å². The van der Waals surface area contributed by atoms with Crippen molar-refractivity contribution in [3.05, 3.63) is 35.0 Å². The molecule has 1 aliphatic heterocycles. The molecule has 1 aromatic carbocycles. The molecule has 0 bridgehead atoms. The molecule has 3 aromatic rings. The molecule has 9 nitrogen and oxygen atoms in total. The minimum atomic E-state index is -0.218. The first-order valence-electron chi connectivity index (χ1n) is 11.9. The molecule has 0 radical (unpaired) electrons. The zero-order chi connectivity index (χ0) is 23.7. The summed E-state index contributed by atoms with van der Waals surface area (Å²) in [5.41, 5.74) is 8.82. The molecule has 2 aliphatic rings. The monoisotopic (exact) mass is 483 g/mol. The largest absolute Gasteiger partial charge is 0.381 e. The number of fused-ring (bicyclic) bond motifs is 1. The highest BCUT2D eigenvalue weighted by atomic mass is 35.5. The summed E-state index contributed by atoms with van der Waals surface area (Å²) in [6, 6.07) is 6.30. The zero-order valence-corrected chi connectivity index (χ0v) is 20.0. The minimum Gasteiger partial charge on any atom is -0.381 e. The summed E-state index contributed by atoms with van der Waals surface area (Å²) >= 11 is 6.57. The van der Waals surface area contributed by atoms with Crippen LogP contribution in [-0.4, -0.2) is 44.7 Å². The molecular weight excluding hydrogens is 454 g/mol. The summed E-state index contributed by atoms with van der Waals surface area (Å²) in [5, 5.41) is 7.54. The summed E-state index contributed by atoms with van der Waals surface area (Å²) in [6.45, 7) is 3.46. The molecule has 10 heteroatoms. The van der Waals surface area contributed by atoms with Gasteiger partial charge in [-0.1, -0.05) is 23.7 Å². The molecule has 1 aliphatic carbocycles. The lowest BCUT2D eigenvalue weighted by molar-refractivity contribution is -0.122. The fourth-order valence-corrected chi connectivity index (χ4v) is 5.08. The number of imidazole rings is 1. The van der Waals surface area contributed by atoms with Gasteiger partial charge in [-0.2, -0.15) is 4.98 Å². The molecule has 1 saturated heterocycles. The van der Waals surface area contributed by atoms with E-state index in [0.29, 0.717) is 22.4 Å². The van der Waals surface area contributed by atoms with Crippen LogP contribution < -0.4 is 16.4 Å². The van der Waals surface area contributed by atoms with Crippen molar-refractivity contribution in [1.82, 2.24) is 19.5 Å². The fraction of sp³-hybridized carbons (Fsp3) is 0.500. The maximum absolute atomic E-state index is 11.7. The van der Waals surface area contributed by atoms with E-state index >= 15 is 0 Å². The van der Waals surface area contributed by atoms with E-state index < -0.39 is 0 Å². The van der Waals surface area contributed by atoms with Crippen LogP contribution in [-0.2, 0) is 9.53 Å². The molecule has 0 unspecified atom stereocenters. The van der Waals surface area contributed by atoms with Crippen LogP contribution in [0.25, 0.3) is 11.2 Å². The van der Waals surface area contributed by atoms with Gasteiger partial charge in [0.15, 0.2) is 5.65 Å². The van der Waals surface area contributed by atoms with Crippen molar-refractivity contribution in [3.63, 3.8) is 0 Å². The first kappa shape index (κ1) is 22.9. The normalized spacial score (nSPS) is 21.5. The van der Waals surface area contributed by atoms with E-state index in [1.807, 2.05) is 25.1 Å². The summed E-state index contributed by atoms with van der Waals surface area (Å²) in [4.78, 5) is 25.9. The van der Waals surface area contributed by atoms with E-state index in [2.05, 4.69) is 20.2 Å². The van der Waals surface area contributed by atoms with Crippen LogP contribution in [0.15, 0.2) is 24.4 Å². The Hall–Kier alpha value is -2.91. The Bertz CT molecular complexity index is 1180. The van der Waals surface area contributed by atoms with Crippen LogP contribution in [0.4, 0.5) is 17.6 Å². The average molecular weight is 484 g/mol. The van der Waals surface area contributed by atoms with E-state index in [9.17, 15) is 4.79 Å². The molecule has 5 rings (SSSR count). The number of halogens is 1. The first-order valence-corrected chi connectivity index (χ1v) is 12.3. The van der Waals surface area contributed by atoms with Gasteiger partial charge in [-0.15, -0.1) is 0 Å². The van der Waals surface area contributed by atoms with Crippen LogP contribution >= 0.6 is 11.6 Å². The fourth-order valence-electron chi connectivity index (χ4n) is 4.90. The lowest BCUT2D eigenvalue weighted by Crippen LogP contribution is -2.29. The lowest BCUT2D eigenvalue weighted by atomic mass is 9.85. The van der Waals surface area contributed by atoms with E-state index in [1.165, 1.54) is 0 Å². The van der Waals surface area contributed by atoms with Gasteiger partial charge in [-0.3, -0.25) is 9.36 Å². The molecular formula is C24H30ClN7O2. The third kappa shape index (κ3) is 4.67. The van der Waals surface area contributed by atoms with Gasteiger partial charge in [0.1, 0.15) is 5.52 Å². The molecule has 180 valence electrons. The molecule has 2 fully saturated rings. The number of anilines is 3. The van der Waals surface area contributed by atoms with Gasteiger partial charge in [0.2, 0.25) is 17.8 Å². The second-order valence-corrected chi connectivity index (χ2v) is 9.59. The summed E-state index contributed by atoms with van der Waals surface area (Å²) in [6.07, 6.45) is 6.76. The summed E-state index contributed by atoms with van der Waals surface area (Å²) in [7, 11) is 0. The van der Waals surface area contributed by atoms with Crippen molar-refractivity contribution in [1.29, 1.82) is 0 Å². The van der Waals surface area contributed by atoms with Crippen LogP contribution in [0.2, 0.25) is 5.02 Å². The van der Waals surface area contributed by atoms with E-state index in [0.717, 1.165) is 68.6 Å². The third-order valence-electron chi connectivity index (χ3n) is 6.89. The van der Waals surface area contributed by atoms with Crippen molar-refractivity contribution in [2.45, 2.75) is 57.5 Å². The maximum atomic E-state index is 11.7. The number of ether oxygens (including phenoxy) is 1. The van der Waals surface area contributed by atoms with E-state index in [4.69, 9.17) is 32.0 Å². The topological polar surface area (TPSA) is 120 Å². The zero-order valence-electron chi connectivity index (χ0n) is 19.3. The van der Waals surface area contributed by atoms with Gasteiger partial charge in [0.05, 0.1) is 16.9 Å².